The van der Waals surface area contributed by atoms with Gasteiger partial charge in [-0.05, 0) is 59.3 Å². The number of para-hydroxylation sites is 1. The summed E-state index contributed by atoms with van der Waals surface area (Å²) in [7, 11) is 0. The van der Waals surface area contributed by atoms with Crippen LogP contribution in [0.1, 0.15) is 18.5 Å². The third-order valence-electron chi connectivity index (χ3n) is 2.82. The van der Waals surface area contributed by atoms with Crippen molar-refractivity contribution in [1.82, 2.24) is 0 Å². The molecule has 2 aromatic rings. The Kier molecular flexibility index (Phi) is 4.97. The van der Waals surface area contributed by atoms with Crippen LogP contribution in [0.25, 0.3) is 0 Å². The van der Waals surface area contributed by atoms with Crippen LogP contribution in [0.4, 0.5) is 16.2 Å². The van der Waals surface area contributed by atoms with Crippen LogP contribution in [0.15, 0.2) is 48.5 Å². The maximum absolute atomic E-state index is 11.9. The maximum atomic E-state index is 11.9. The first-order valence-corrected chi connectivity index (χ1v) is 7.32. The highest BCUT2D eigenvalue weighted by Crippen LogP contribution is 2.18. The SMILES string of the molecule is CC(N)c1ccc(NC(=O)Nc2ccccc2I)cc1. The van der Waals surface area contributed by atoms with Crippen molar-refractivity contribution >= 4 is 40.0 Å². The molecule has 0 fully saturated rings. The van der Waals surface area contributed by atoms with Crippen LogP contribution in [-0.2, 0) is 0 Å². The Bertz CT molecular complexity index is 596. The van der Waals surface area contributed by atoms with Crippen LogP contribution in [0.3, 0.4) is 0 Å². The fourth-order valence-corrected chi connectivity index (χ4v) is 2.24. The topological polar surface area (TPSA) is 67.1 Å². The van der Waals surface area contributed by atoms with E-state index in [0.717, 1.165) is 20.5 Å². The lowest BCUT2D eigenvalue weighted by Gasteiger charge is -2.10. The normalized spacial score (nSPS) is 11.8. The van der Waals surface area contributed by atoms with E-state index >= 15 is 0 Å². The standard InChI is InChI=1S/C15H16IN3O/c1-10(17)11-6-8-12(9-7-11)18-15(20)19-14-5-3-2-4-13(14)16/h2-10H,17H2,1H3,(H2,18,19,20). The summed E-state index contributed by atoms with van der Waals surface area (Å²) in [5.41, 5.74) is 8.34. The van der Waals surface area contributed by atoms with Crippen LogP contribution < -0.4 is 16.4 Å². The fourth-order valence-electron chi connectivity index (χ4n) is 1.72. The molecule has 2 aromatic carbocycles. The summed E-state index contributed by atoms with van der Waals surface area (Å²) >= 11 is 2.18. The van der Waals surface area contributed by atoms with Crippen LogP contribution in [0.2, 0.25) is 0 Å². The molecule has 0 aliphatic carbocycles. The molecule has 0 spiro atoms. The number of rotatable bonds is 3. The van der Waals surface area contributed by atoms with Crippen molar-refractivity contribution in [3.8, 4) is 0 Å². The minimum Gasteiger partial charge on any atom is -0.324 e. The molecule has 0 aliphatic rings. The van der Waals surface area contributed by atoms with Crippen molar-refractivity contribution in [1.29, 1.82) is 0 Å². The van der Waals surface area contributed by atoms with Gasteiger partial charge in [-0.15, -0.1) is 0 Å². The fraction of sp³-hybridized carbons (Fsp3) is 0.133. The van der Waals surface area contributed by atoms with Gasteiger partial charge >= 0.3 is 6.03 Å². The first kappa shape index (κ1) is 14.8. The predicted molar refractivity (Wildman–Crippen MR) is 90.8 cm³/mol. The van der Waals surface area contributed by atoms with Gasteiger partial charge in [0.15, 0.2) is 0 Å². The number of hydrogen-bond acceptors (Lipinski definition) is 2. The Hall–Kier alpha value is -1.60. The maximum Gasteiger partial charge on any atom is 0.323 e. The lowest BCUT2D eigenvalue weighted by molar-refractivity contribution is 0.262. The monoisotopic (exact) mass is 381 g/mol. The number of carbonyl (C=O) groups is 1. The molecular weight excluding hydrogens is 365 g/mol. The smallest absolute Gasteiger partial charge is 0.323 e. The van der Waals surface area contributed by atoms with E-state index in [4.69, 9.17) is 5.73 Å². The molecule has 1 atom stereocenters. The highest BCUT2D eigenvalue weighted by atomic mass is 127. The minimum atomic E-state index is -0.261. The third kappa shape index (κ3) is 3.94. The molecule has 0 bridgehead atoms. The Morgan fingerprint density at radius 1 is 1.10 bits per heavy atom. The van der Waals surface area contributed by atoms with E-state index in [1.807, 2.05) is 55.5 Å². The second-order valence-corrected chi connectivity index (χ2v) is 5.63. The number of nitrogens with one attached hydrogen (secondary N) is 2. The summed E-state index contributed by atoms with van der Waals surface area (Å²) in [5.74, 6) is 0. The highest BCUT2D eigenvalue weighted by molar-refractivity contribution is 14.1. The van der Waals surface area contributed by atoms with E-state index < -0.39 is 0 Å². The second-order valence-electron chi connectivity index (χ2n) is 4.47. The summed E-state index contributed by atoms with van der Waals surface area (Å²) < 4.78 is 0.993. The first-order chi connectivity index (χ1) is 9.56. The first-order valence-electron chi connectivity index (χ1n) is 6.24. The summed E-state index contributed by atoms with van der Waals surface area (Å²) in [6.45, 7) is 1.92. The Morgan fingerprint density at radius 3 is 2.35 bits per heavy atom. The van der Waals surface area contributed by atoms with Gasteiger partial charge < -0.3 is 16.4 Å². The molecule has 5 heteroatoms. The molecule has 4 nitrogen and oxygen atoms in total. The molecule has 0 aliphatic heterocycles. The van der Waals surface area contributed by atoms with Gasteiger partial charge in [-0.25, -0.2) is 4.79 Å². The summed E-state index contributed by atoms with van der Waals surface area (Å²) in [6.07, 6.45) is 0. The van der Waals surface area contributed by atoms with Crippen LogP contribution >= 0.6 is 22.6 Å². The lowest BCUT2D eigenvalue weighted by atomic mass is 10.1. The predicted octanol–water partition coefficient (Wildman–Crippen LogP) is 3.95. The number of benzene rings is 2. The number of anilines is 2. The van der Waals surface area contributed by atoms with Crippen LogP contribution in [0, 0.1) is 3.57 Å². The average molecular weight is 381 g/mol. The van der Waals surface area contributed by atoms with Crippen molar-refractivity contribution in [2.45, 2.75) is 13.0 Å². The Balaban J connectivity index is 1.99. The number of nitrogens with two attached hydrogens (primary N) is 1. The van der Waals surface area contributed by atoms with Crippen molar-refractivity contribution in [3.05, 3.63) is 57.7 Å². The van der Waals surface area contributed by atoms with Gasteiger partial charge in [0.2, 0.25) is 0 Å². The third-order valence-corrected chi connectivity index (χ3v) is 3.76. The largest absolute Gasteiger partial charge is 0.324 e. The molecule has 0 saturated heterocycles. The zero-order valence-electron chi connectivity index (χ0n) is 11.1. The van der Waals surface area contributed by atoms with E-state index in [-0.39, 0.29) is 12.1 Å². The van der Waals surface area contributed by atoms with Crippen molar-refractivity contribution in [2.75, 3.05) is 10.6 Å². The number of urea groups is 1. The van der Waals surface area contributed by atoms with E-state index in [9.17, 15) is 4.79 Å². The molecule has 0 heterocycles. The summed E-state index contributed by atoms with van der Waals surface area (Å²) in [6, 6.07) is 14.8. The second kappa shape index (κ2) is 6.71. The van der Waals surface area contributed by atoms with Gasteiger partial charge in [0.1, 0.15) is 0 Å². The molecule has 2 amide bonds. The number of halogens is 1. The van der Waals surface area contributed by atoms with Crippen molar-refractivity contribution in [2.24, 2.45) is 5.73 Å². The number of carbonyl (C=O) groups excluding carboxylic acids is 1. The van der Waals surface area contributed by atoms with Gasteiger partial charge in [-0.3, -0.25) is 0 Å². The zero-order valence-corrected chi connectivity index (χ0v) is 13.2. The molecule has 0 saturated carbocycles. The molecule has 104 valence electrons. The highest BCUT2D eigenvalue weighted by Gasteiger charge is 2.05. The average Bonchev–Trinajstić information content (AvgIpc) is 2.42. The van der Waals surface area contributed by atoms with Gasteiger partial charge in [0, 0.05) is 15.3 Å². The molecule has 4 N–H and O–H groups in total. The molecule has 0 radical (unpaired) electrons. The molecule has 0 aromatic heterocycles. The van der Waals surface area contributed by atoms with E-state index in [0.29, 0.717) is 0 Å². The molecule has 1 unspecified atom stereocenters. The summed E-state index contributed by atoms with van der Waals surface area (Å²) in [5, 5.41) is 5.60. The van der Waals surface area contributed by atoms with E-state index in [1.54, 1.807) is 0 Å². The van der Waals surface area contributed by atoms with Crippen molar-refractivity contribution in [3.63, 3.8) is 0 Å². The van der Waals surface area contributed by atoms with Gasteiger partial charge in [-0.2, -0.15) is 0 Å². The van der Waals surface area contributed by atoms with Crippen LogP contribution in [-0.4, -0.2) is 6.03 Å². The Labute approximate surface area is 131 Å². The zero-order chi connectivity index (χ0) is 14.5. The number of amides is 2. The van der Waals surface area contributed by atoms with Gasteiger partial charge in [0.05, 0.1) is 5.69 Å². The number of hydrogen-bond donors (Lipinski definition) is 3. The van der Waals surface area contributed by atoms with Crippen LogP contribution in [0.5, 0.6) is 0 Å². The molecule has 2 rings (SSSR count). The van der Waals surface area contributed by atoms with E-state index in [2.05, 4.69) is 33.2 Å². The molecule has 20 heavy (non-hydrogen) atoms. The molecular formula is C15H16IN3O. The van der Waals surface area contributed by atoms with Gasteiger partial charge in [-0.1, -0.05) is 24.3 Å². The van der Waals surface area contributed by atoms with Gasteiger partial charge in [0.25, 0.3) is 0 Å². The Morgan fingerprint density at radius 2 is 1.75 bits per heavy atom. The summed E-state index contributed by atoms with van der Waals surface area (Å²) in [4.78, 5) is 11.9. The lowest BCUT2D eigenvalue weighted by Crippen LogP contribution is -2.20. The van der Waals surface area contributed by atoms with E-state index in [1.165, 1.54) is 0 Å². The minimum absolute atomic E-state index is 0.0104. The quantitative estimate of drug-likeness (QED) is 0.705. The van der Waals surface area contributed by atoms with Crippen molar-refractivity contribution < 1.29 is 4.79 Å².